The van der Waals surface area contributed by atoms with Gasteiger partial charge in [0, 0.05) is 24.7 Å². The van der Waals surface area contributed by atoms with Crippen molar-refractivity contribution in [3.63, 3.8) is 0 Å². The number of esters is 2. The lowest BCUT2D eigenvalue weighted by atomic mass is 9.88. The topological polar surface area (TPSA) is 176 Å². The van der Waals surface area contributed by atoms with Crippen LogP contribution in [0.2, 0.25) is 0 Å². The summed E-state index contributed by atoms with van der Waals surface area (Å²) >= 11 is 0. The van der Waals surface area contributed by atoms with Crippen LogP contribution in [0.3, 0.4) is 0 Å². The first-order valence-corrected chi connectivity index (χ1v) is 14.4. The average molecular weight is 619 g/mol. The van der Waals surface area contributed by atoms with Crippen LogP contribution >= 0.6 is 0 Å². The summed E-state index contributed by atoms with van der Waals surface area (Å²) < 4.78 is 25.9. The van der Waals surface area contributed by atoms with Gasteiger partial charge in [0.05, 0.1) is 24.9 Å². The van der Waals surface area contributed by atoms with Gasteiger partial charge in [-0.3, -0.25) is 9.59 Å². The number of carbonyl (C=O) groups is 5. The molecule has 3 N–H and O–H groups in total. The molecule has 2 aliphatic carbocycles. The zero-order valence-electron chi connectivity index (χ0n) is 26.1. The Morgan fingerprint density at radius 2 is 1.66 bits per heavy atom. The number of fused-ring (bicyclic) bond motifs is 1. The number of aliphatic hydroxyl groups is 1. The second-order valence-electron chi connectivity index (χ2n) is 12.8. The number of rotatable bonds is 10. The van der Waals surface area contributed by atoms with Gasteiger partial charge in [0.25, 0.3) is 0 Å². The fourth-order valence-corrected chi connectivity index (χ4v) is 5.44. The van der Waals surface area contributed by atoms with Crippen molar-refractivity contribution >= 4 is 30.1 Å². The van der Waals surface area contributed by atoms with Gasteiger partial charge in [-0.1, -0.05) is 18.7 Å². The van der Waals surface area contributed by atoms with Gasteiger partial charge in [0.15, 0.2) is 0 Å². The number of nitrogens with one attached hydrogen (secondary N) is 2. The third kappa shape index (κ3) is 8.49. The molecule has 0 saturated heterocycles. The molecule has 6 atom stereocenters. The van der Waals surface area contributed by atoms with Crippen molar-refractivity contribution in [3.8, 4) is 5.75 Å². The van der Waals surface area contributed by atoms with Crippen LogP contribution in [0.15, 0.2) is 37.1 Å². The minimum absolute atomic E-state index is 0.0109. The summed E-state index contributed by atoms with van der Waals surface area (Å²) in [5.74, 6) is -4.36. The quantitative estimate of drug-likeness (QED) is 0.152. The van der Waals surface area contributed by atoms with Gasteiger partial charge in [-0.25, -0.2) is 14.4 Å². The van der Waals surface area contributed by atoms with Gasteiger partial charge in [-0.05, 0) is 66.2 Å². The van der Waals surface area contributed by atoms with Crippen molar-refractivity contribution in [1.82, 2.24) is 10.6 Å². The van der Waals surface area contributed by atoms with Gasteiger partial charge < -0.3 is 39.4 Å². The molecule has 2 aliphatic rings. The molecule has 2 unspecified atom stereocenters. The SMILES string of the molecule is C=COC(=O)[C@H]1[C@H]2[C@@H]1C(NC(=O)C(Cc1ccc(OC(=O)OC(C)(C)C)cc1)NC(=O)OC(C)(C)C)(C(=O)OCC)C[C@@H]2O. The van der Waals surface area contributed by atoms with Crippen molar-refractivity contribution in [2.24, 2.45) is 17.8 Å². The summed E-state index contributed by atoms with van der Waals surface area (Å²) in [7, 11) is 0. The molecule has 1 aromatic carbocycles. The Bertz CT molecular complexity index is 1260. The third-order valence-corrected chi connectivity index (χ3v) is 7.04. The van der Waals surface area contributed by atoms with E-state index in [0.29, 0.717) is 5.56 Å². The highest BCUT2D eigenvalue weighted by Crippen LogP contribution is 2.63. The first kappa shape index (κ1) is 34.4. The fraction of sp³-hybridized carbons (Fsp3) is 0.581. The van der Waals surface area contributed by atoms with Crippen LogP contribution in [0.1, 0.15) is 60.5 Å². The maximum absolute atomic E-state index is 13.8. The molecule has 3 rings (SSSR count). The second kappa shape index (κ2) is 13.2. The van der Waals surface area contributed by atoms with E-state index in [0.717, 1.165) is 6.26 Å². The molecule has 2 amide bonds. The maximum Gasteiger partial charge on any atom is 0.514 e. The van der Waals surface area contributed by atoms with Crippen LogP contribution in [-0.4, -0.2) is 70.7 Å². The third-order valence-electron chi connectivity index (χ3n) is 7.04. The van der Waals surface area contributed by atoms with Crippen molar-refractivity contribution in [2.45, 2.75) is 90.2 Å². The number of ether oxygens (including phenoxy) is 5. The van der Waals surface area contributed by atoms with E-state index >= 15 is 0 Å². The Labute approximate surface area is 256 Å². The van der Waals surface area contributed by atoms with Gasteiger partial charge in [-0.2, -0.15) is 0 Å². The Morgan fingerprint density at radius 1 is 1.05 bits per heavy atom. The van der Waals surface area contributed by atoms with Crippen LogP contribution in [0.5, 0.6) is 5.75 Å². The van der Waals surface area contributed by atoms with Gasteiger partial charge in [-0.15, -0.1) is 0 Å². The molecule has 2 fully saturated rings. The Hall–Kier alpha value is -4.13. The molecule has 13 nitrogen and oxygen atoms in total. The summed E-state index contributed by atoms with van der Waals surface area (Å²) in [4.78, 5) is 64.5. The summed E-state index contributed by atoms with van der Waals surface area (Å²) in [5.41, 5.74) is -2.80. The molecule has 0 spiro atoms. The summed E-state index contributed by atoms with van der Waals surface area (Å²) in [6, 6.07) is 4.92. The van der Waals surface area contributed by atoms with Crippen LogP contribution < -0.4 is 15.4 Å². The van der Waals surface area contributed by atoms with Crippen LogP contribution in [0.25, 0.3) is 0 Å². The zero-order chi connectivity index (χ0) is 33.0. The predicted molar refractivity (Wildman–Crippen MR) is 155 cm³/mol. The number of benzene rings is 1. The fourth-order valence-electron chi connectivity index (χ4n) is 5.44. The smallest absolute Gasteiger partial charge is 0.464 e. The lowest BCUT2D eigenvalue weighted by Crippen LogP contribution is -2.62. The lowest BCUT2D eigenvalue weighted by Gasteiger charge is -2.33. The van der Waals surface area contributed by atoms with Crippen LogP contribution in [0, 0.1) is 17.8 Å². The van der Waals surface area contributed by atoms with E-state index in [9.17, 15) is 29.1 Å². The minimum atomic E-state index is -1.75. The van der Waals surface area contributed by atoms with Crippen molar-refractivity contribution in [3.05, 3.63) is 42.7 Å². The average Bonchev–Trinajstić information content (AvgIpc) is 3.57. The van der Waals surface area contributed by atoms with Crippen molar-refractivity contribution in [1.29, 1.82) is 0 Å². The normalized spacial score (nSPS) is 24.5. The van der Waals surface area contributed by atoms with Gasteiger partial charge in [0.1, 0.15) is 28.5 Å². The molecule has 13 heteroatoms. The van der Waals surface area contributed by atoms with E-state index in [2.05, 4.69) is 17.2 Å². The van der Waals surface area contributed by atoms with Crippen molar-refractivity contribution < 1.29 is 52.8 Å². The first-order valence-electron chi connectivity index (χ1n) is 14.4. The Morgan fingerprint density at radius 3 is 2.20 bits per heavy atom. The second-order valence-corrected chi connectivity index (χ2v) is 12.8. The minimum Gasteiger partial charge on any atom is -0.464 e. The van der Waals surface area contributed by atoms with E-state index in [1.807, 2.05) is 0 Å². The lowest BCUT2D eigenvalue weighted by molar-refractivity contribution is -0.156. The molecule has 0 aliphatic heterocycles. The van der Waals surface area contributed by atoms with Crippen molar-refractivity contribution in [2.75, 3.05) is 6.61 Å². The zero-order valence-corrected chi connectivity index (χ0v) is 26.1. The molecule has 0 aromatic heterocycles. The molecule has 2 saturated carbocycles. The molecular formula is C31H42N2O11. The van der Waals surface area contributed by atoms with Gasteiger partial charge >= 0.3 is 24.2 Å². The predicted octanol–water partition coefficient (Wildman–Crippen LogP) is 3.17. The van der Waals surface area contributed by atoms with E-state index in [4.69, 9.17) is 23.7 Å². The number of amides is 2. The van der Waals surface area contributed by atoms with Crippen LogP contribution in [0.4, 0.5) is 9.59 Å². The standard InChI is InChI=1S/C31H42N2O11/c1-9-40-25(36)22-21-20(34)16-31(23(21)22,26(37)41-10-2)33-24(35)19(32-27(38)43-29(3,4)5)15-17-11-13-18(14-12-17)42-28(39)44-30(6,7)8/h9,11-14,19-23,34H,1,10,15-16H2,2-8H3,(H,32,38)(H,33,35)/t19?,20-,21-,22-,23-,31?/m0/s1. The highest BCUT2D eigenvalue weighted by atomic mass is 16.7. The number of carbonyl (C=O) groups excluding carboxylic acids is 5. The highest BCUT2D eigenvalue weighted by molar-refractivity contribution is 5.94. The van der Waals surface area contributed by atoms with Crippen LogP contribution in [-0.2, 0) is 39.8 Å². The number of hydrogen-bond acceptors (Lipinski definition) is 11. The monoisotopic (exact) mass is 618 g/mol. The maximum atomic E-state index is 13.8. The van der Waals surface area contributed by atoms with E-state index in [1.54, 1.807) is 60.6 Å². The summed E-state index contributed by atoms with van der Waals surface area (Å²) in [5, 5.41) is 16.0. The molecule has 0 bridgehead atoms. The number of aliphatic hydroxyl groups excluding tert-OH is 1. The molecule has 242 valence electrons. The van der Waals surface area contributed by atoms with E-state index in [1.165, 1.54) is 12.1 Å². The Kier molecular flexibility index (Phi) is 10.3. The summed E-state index contributed by atoms with van der Waals surface area (Å²) in [6.45, 7) is 15.1. The van der Waals surface area contributed by atoms with Gasteiger partial charge in [0.2, 0.25) is 5.91 Å². The molecule has 44 heavy (non-hydrogen) atoms. The molecule has 0 radical (unpaired) electrons. The highest BCUT2D eigenvalue weighted by Gasteiger charge is 2.76. The summed E-state index contributed by atoms with van der Waals surface area (Å²) in [6.07, 6.45) is -2.16. The largest absolute Gasteiger partial charge is 0.514 e. The Balaban J connectivity index is 1.86. The molecule has 0 heterocycles. The van der Waals surface area contributed by atoms with E-state index in [-0.39, 0.29) is 25.2 Å². The first-order chi connectivity index (χ1) is 20.4. The molecular weight excluding hydrogens is 576 g/mol. The number of alkyl carbamates (subject to hydrolysis) is 1. The molecule has 1 aromatic rings. The number of hydrogen-bond donors (Lipinski definition) is 3. The van der Waals surface area contributed by atoms with E-state index < -0.39 is 76.7 Å².